The van der Waals surface area contributed by atoms with Crippen molar-refractivity contribution in [3.05, 3.63) is 18.6 Å². The summed E-state index contributed by atoms with van der Waals surface area (Å²) < 4.78 is 0. The van der Waals surface area contributed by atoms with Gasteiger partial charge in [0.25, 0.3) is 0 Å². The lowest BCUT2D eigenvalue weighted by atomic mass is 9.99. The third-order valence-corrected chi connectivity index (χ3v) is 3.01. The highest BCUT2D eigenvalue weighted by Crippen LogP contribution is 2.43. The van der Waals surface area contributed by atoms with Gasteiger partial charge in [0, 0.05) is 0 Å². The molecule has 2 rings (SSSR count). The van der Waals surface area contributed by atoms with E-state index in [9.17, 15) is 0 Å². The summed E-state index contributed by atoms with van der Waals surface area (Å²) in [6.07, 6.45) is 9.31. The van der Waals surface area contributed by atoms with E-state index in [0.717, 1.165) is 18.3 Å². The first-order chi connectivity index (χ1) is 4.90. The van der Waals surface area contributed by atoms with Crippen LogP contribution in [0.3, 0.4) is 0 Å². The summed E-state index contributed by atoms with van der Waals surface area (Å²) in [5.41, 5.74) is 1.62. The second kappa shape index (κ2) is 2.41. The molecule has 0 aromatic carbocycles. The quantitative estimate of drug-likeness (QED) is 0.485. The first kappa shape index (κ1) is 6.45. The molecule has 55 valence electrons. The van der Waals surface area contributed by atoms with Crippen LogP contribution in [0.25, 0.3) is 0 Å². The lowest BCUT2D eigenvalue weighted by molar-refractivity contribution is 0.490. The maximum absolute atomic E-state index is 3.93. The number of fused-ring (bicyclic) bond motifs is 1. The molecule has 2 unspecified atom stereocenters. The Morgan fingerprint density at radius 3 is 3.10 bits per heavy atom. The molecule has 1 fully saturated rings. The molecule has 2 aliphatic rings. The predicted octanol–water partition coefficient (Wildman–Crippen LogP) is 2.96. The highest BCUT2D eigenvalue weighted by atomic mass is 14.4. The van der Waals surface area contributed by atoms with Crippen molar-refractivity contribution < 1.29 is 0 Å². The second-order valence-corrected chi connectivity index (χ2v) is 3.63. The third-order valence-electron chi connectivity index (χ3n) is 3.01. The summed E-state index contributed by atoms with van der Waals surface area (Å²) in [4.78, 5) is 0. The van der Waals surface area contributed by atoms with Crippen LogP contribution >= 0.6 is 0 Å². The molecule has 0 aromatic heterocycles. The van der Waals surface area contributed by atoms with Crippen LogP contribution in [-0.4, -0.2) is 0 Å². The Bertz CT molecular complexity index is 155. The fourth-order valence-electron chi connectivity index (χ4n) is 2.43. The SMILES string of the molecule is [CH2]CC1=CC2CCCC2C1. The van der Waals surface area contributed by atoms with Gasteiger partial charge >= 0.3 is 0 Å². The summed E-state index contributed by atoms with van der Waals surface area (Å²) in [5, 5.41) is 0. The zero-order valence-electron chi connectivity index (χ0n) is 6.47. The lowest BCUT2D eigenvalue weighted by Crippen LogP contribution is -1.96. The lowest BCUT2D eigenvalue weighted by Gasteiger charge is -2.05. The first-order valence-corrected chi connectivity index (χ1v) is 4.39. The van der Waals surface area contributed by atoms with Crippen molar-refractivity contribution in [2.24, 2.45) is 11.8 Å². The van der Waals surface area contributed by atoms with Gasteiger partial charge in [-0.2, -0.15) is 0 Å². The largest absolute Gasteiger partial charge is 0.0819 e. The van der Waals surface area contributed by atoms with Crippen molar-refractivity contribution in [1.29, 1.82) is 0 Å². The van der Waals surface area contributed by atoms with Gasteiger partial charge in [0.15, 0.2) is 0 Å². The molecule has 0 aliphatic heterocycles. The topological polar surface area (TPSA) is 0 Å². The summed E-state index contributed by atoms with van der Waals surface area (Å²) >= 11 is 0. The fourth-order valence-corrected chi connectivity index (χ4v) is 2.43. The Hall–Kier alpha value is -0.260. The molecular formula is C10H15. The van der Waals surface area contributed by atoms with Gasteiger partial charge in [-0.15, -0.1) is 0 Å². The number of allylic oxidation sites excluding steroid dienone is 2. The Morgan fingerprint density at radius 2 is 2.40 bits per heavy atom. The van der Waals surface area contributed by atoms with Crippen LogP contribution in [0, 0.1) is 18.8 Å². The van der Waals surface area contributed by atoms with Crippen LogP contribution in [0.5, 0.6) is 0 Å². The molecule has 0 N–H and O–H groups in total. The summed E-state index contributed by atoms with van der Waals surface area (Å²) in [6.45, 7) is 3.93. The molecule has 0 bridgehead atoms. The van der Waals surface area contributed by atoms with E-state index in [1.807, 2.05) is 0 Å². The standard InChI is InChI=1S/C10H15/c1-2-8-6-9-4-3-5-10(9)7-8/h6,9-10H,1-5,7H2. The van der Waals surface area contributed by atoms with Crippen LogP contribution < -0.4 is 0 Å². The van der Waals surface area contributed by atoms with Gasteiger partial charge in [0.2, 0.25) is 0 Å². The Balaban J connectivity index is 2.06. The van der Waals surface area contributed by atoms with Gasteiger partial charge in [-0.25, -0.2) is 0 Å². The smallest absolute Gasteiger partial charge is 0.0199 e. The van der Waals surface area contributed by atoms with E-state index < -0.39 is 0 Å². The van der Waals surface area contributed by atoms with Gasteiger partial charge in [0.1, 0.15) is 0 Å². The van der Waals surface area contributed by atoms with Crippen molar-refractivity contribution >= 4 is 0 Å². The van der Waals surface area contributed by atoms with E-state index in [-0.39, 0.29) is 0 Å². The van der Waals surface area contributed by atoms with E-state index in [2.05, 4.69) is 13.0 Å². The minimum Gasteiger partial charge on any atom is -0.0819 e. The highest BCUT2D eigenvalue weighted by molar-refractivity contribution is 5.15. The zero-order chi connectivity index (χ0) is 6.97. The van der Waals surface area contributed by atoms with Gasteiger partial charge < -0.3 is 0 Å². The van der Waals surface area contributed by atoms with E-state index in [0.29, 0.717) is 0 Å². The van der Waals surface area contributed by atoms with Gasteiger partial charge in [0.05, 0.1) is 0 Å². The van der Waals surface area contributed by atoms with Crippen LogP contribution in [-0.2, 0) is 0 Å². The zero-order valence-corrected chi connectivity index (χ0v) is 6.47. The molecule has 0 heteroatoms. The van der Waals surface area contributed by atoms with E-state index in [1.165, 1.54) is 25.7 Å². The molecule has 0 heterocycles. The maximum atomic E-state index is 3.93. The Morgan fingerprint density at radius 1 is 1.50 bits per heavy atom. The van der Waals surface area contributed by atoms with Crippen LogP contribution in [0.2, 0.25) is 0 Å². The average Bonchev–Trinajstić information content (AvgIpc) is 2.42. The van der Waals surface area contributed by atoms with Gasteiger partial charge in [-0.05, 0) is 44.4 Å². The average molecular weight is 135 g/mol. The van der Waals surface area contributed by atoms with E-state index in [1.54, 1.807) is 5.57 Å². The second-order valence-electron chi connectivity index (χ2n) is 3.63. The van der Waals surface area contributed by atoms with Crippen molar-refractivity contribution in [3.8, 4) is 0 Å². The summed E-state index contributed by atoms with van der Waals surface area (Å²) in [7, 11) is 0. The molecule has 0 nitrogen and oxygen atoms in total. The van der Waals surface area contributed by atoms with Crippen molar-refractivity contribution in [2.45, 2.75) is 32.1 Å². The molecule has 0 amide bonds. The molecule has 10 heavy (non-hydrogen) atoms. The normalized spacial score (nSPS) is 37.9. The summed E-state index contributed by atoms with van der Waals surface area (Å²) in [6, 6.07) is 0. The van der Waals surface area contributed by atoms with Crippen LogP contribution in [0.1, 0.15) is 32.1 Å². The van der Waals surface area contributed by atoms with E-state index >= 15 is 0 Å². The summed E-state index contributed by atoms with van der Waals surface area (Å²) in [5.74, 6) is 1.98. The molecular weight excluding hydrogens is 120 g/mol. The molecule has 1 radical (unpaired) electrons. The molecule has 2 aliphatic carbocycles. The van der Waals surface area contributed by atoms with Crippen LogP contribution in [0.15, 0.2) is 11.6 Å². The van der Waals surface area contributed by atoms with Crippen molar-refractivity contribution in [3.63, 3.8) is 0 Å². The monoisotopic (exact) mass is 135 g/mol. The van der Waals surface area contributed by atoms with E-state index in [4.69, 9.17) is 0 Å². The predicted molar refractivity (Wildman–Crippen MR) is 43.5 cm³/mol. The fraction of sp³-hybridized carbons (Fsp3) is 0.700. The Labute approximate surface area is 63.3 Å². The molecule has 0 aromatic rings. The highest BCUT2D eigenvalue weighted by Gasteiger charge is 2.30. The van der Waals surface area contributed by atoms with Crippen molar-refractivity contribution in [2.75, 3.05) is 0 Å². The molecule has 0 spiro atoms. The van der Waals surface area contributed by atoms with Crippen molar-refractivity contribution in [1.82, 2.24) is 0 Å². The molecule has 0 saturated heterocycles. The number of hydrogen-bond acceptors (Lipinski definition) is 0. The number of hydrogen-bond donors (Lipinski definition) is 0. The molecule has 2 atom stereocenters. The minimum absolute atomic E-state index is 0.955. The number of rotatable bonds is 1. The van der Waals surface area contributed by atoms with Gasteiger partial charge in [-0.1, -0.05) is 18.1 Å². The van der Waals surface area contributed by atoms with Gasteiger partial charge in [-0.3, -0.25) is 0 Å². The minimum atomic E-state index is 0.955. The maximum Gasteiger partial charge on any atom is -0.0199 e. The first-order valence-electron chi connectivity index (χ1n) is 4.39. The van der Waals surface area contributed by atoms with Crippen LogP contribution in [0.4, 0.5) is 0 Å². The Kier molecular flexibility index (Phi) is 1.55. The molecule has 1 saturated carbocycles. The third kappa shape index (κ3) is 0.902.